The number of rotatable bonds is 6. The van der Waals surface area contributed by atoms with Gasteiger partial charge in [0.2, 0.25) is 5.91 Å². The van der Waals surface area contributed by atoms with Crippen molar-refractivity contribution in [3.63, 3.8) is 0 Å². The van der Waals surface area contributed by atoms with Gasteiger partial charge in [-0.2, -0.15) is 0 Å². The lowest BCUT2D eigenvalue weighted by Gasteiger charge is -2.36. The van der Waals surface area contributed by atoms with Gasteiger partial charge in [-0.05, 0) is 46.1 Å². The molecule has 7 heteroatoms. The van der Waals surface area contributed by atoms with E-state index in [2.05, 4.69) is 16.8 Å². The molecule has 1 saturated heterocycles. The molecular weight excluding hydrogens is 340 g/mol. The molecule has 1 aromatic rings. The number of hydrogen-bond donors (Lipinski definition) is 2. The Balaban J connectivity index is 0.00000312. The van der Waals surface area contributed by atoms with E-state index in [1.165, 1.54) is 0 Å². The van der Waals surface area contributed by atoms with Gasteiger partial charge in [0, 0.05) is 50.0 Å². The maximum absolute atomic E-state index is 13.1. The molecule has 0 aliphatic carbocycles. The van der Waals surface area contributed by atoms with Crippen LogP contribution in [0.1, 0.15) is 54.4 Å². The van der Waals surface area contributed by atoms with Crippen LogP contribution in [0, 0.1) is 13.8 Å². The highest BCUT2D eigenvalue weighted by atomic mass is 35.5. The van der Waals surface area contributed by atoms with E-state index in [4.69, 9.17) is 5.73 Å². The van der Waals surface area contributed by atoms with Crippen LogP contribution in [0.15, 0.2) is 6.07 Å². The van der Waals surface area contributed by atoms with Crippen LogP contribution >= 0.6 is 12.4 Å². The first-order valence-corrected chi connectivity index (χ1v) is 8.94. The number of hydrogen-bond acceptors (Lipinski definition) is 3. The highest BCUT2D eigenvalue weighted by molar-refractivity contribution is 5.96. The van der Waals surface area contributed by atoms with Gasteiger partial charge in [0.15, 0.2) is 0 Å². The van der Waals surface area contributed by atoms with E-state index in [-0.39, 0.29) is 30.3 Å². The number of nitrogens with zero attached hydrogens (tertiary/aromatic N) is 2. The number of piperidine rings is 1. The molecule has 2 heterocycles. The van der Waals surface area contributed by atoms with Gasteiger partial charge in [-0.1, -0.05) is 0 Å². The van der Waals surface area contributed by atoms with Crippen molar-refractivity contribution in [1.29, 1.82) is 0 Å². The molecule has 1 unspecified atom stereocenters. The summed E-state index contributed by atoms with van der Waals surface area (Å²) in [4.78, 5) is 26.7. The second-order valence-electron chi connectivity index (χ2n) is 6.52. The number of carbonyl (C=O) groups excluding carboxylic acids is 2. The highest BCUT2D eigenvalue weighted by Gasteiger charge is 2.29. The molecule has 2 rings (SSSR count). The van der Waals surface area contributed by atoms with Crippen molar-refractivity contribution in [2.45, 2.75) is 59.0 Å². The molecule has 142 valence electrons. The topological polar surface area (TPSA) is 80.4 Å². The van der Waals surface area contributed by atoms with Crippen LogP contribution in [0.4, 0.5) is 0 Å². The Bertz CT molecular complexity index is 600. The Morgan fingerprint density at radius 3 is 2.64 bits per heavy atom. The van der Waals surface area contributed by atoms with Crippen molar-refractivity contribution in [3.8, 4) is 0 Å². The molecule has 1 aromatic heterocycles. The fourth-order valence-electron chi connectivity index (χ4n) is 3.59. The summed E-state index contributed by atoms with van der Waals surface area (Å²) < 4.78 is 2.16. The predicted octanol–water partition coefficient (Wildman–Crippen LogP) is 2.01. The Morgan fingerprint density at radius 2 is 2.04 bits per heavy atom. The van der Waals surface area contributed by atoms with Gasteiger partial charge >= 0.3 is 0 Å². The summed E-state index contributed by atoms with van der Waals surface area (Å²) in [6.45, 7) is 8.61. The quantitative estimate of drug-likeness (QED) is 0.803. The van der Waals surface area contributed by atoms with E-state index >= 15 is 0 Å². The first kappa shape index (κ1) is 21.5. The second-order valence-corrected chi connectivity index (χ2v) is 6.52. The second kappa shape index (κ2) is 9.82. The molecule has 2 amide bonds. The zero-order valence-electron chi connectivity index (χ0n) is 15.5. The van der Waals surface area contributed by atoms with Crippen molar-refractivity contribution in [1.82, 2.24) is 14.8 Å². The minimum absolute atomic E-state index is 0. The highest BCUT2D eigenvalue weighted by Crippen LogP contribution is 2.23. The molecule has 6 nitrogen and oxygen atoms in total. The van der Waals surface area contributed by atoms with Gasteiger partial charge in [0.25, 0.3) is 5.91 Å². The Kier molecular flexibility index (Phi) is 8.45. The maximum Gasteiger partial charge on any atom is 0.255 e. The van der Waals surface area contributed by atoms with Crippen LogP contribution in [0.25, 0.3) is 0 Å². The molecule has 1 aliphatic heterocycles. The fourth-order valence-corrected chi connectivity index (χ4v) is 3.59. The summed E-state index contributed by atoms with van der Waals surface area (Å²) in [6.07, 6.45) is 3.38. The summed E-state index contributed by atoms with van der Waals surface area (Å²) in [7, 11) is 0. The van der Waals surface area contributed by atoms with Crippen LogP contribution in [-0.4, -0.2) is 47.0 Å². The van der Waals surface area contributed by atoms with E-state index in [0.29, 0.717) is 19.5 Å². The van der Waals surface area contributed by atoms with Gasteiger partial charge in [-0.25, -0.2) is 0 Å². The Hall–Kier alpha value is -1.53. The first-order chi connectivity index (χ1) is 11.5. The number of likely N-dealkylation sites (tertiary alicyclic amines) is 1. The van der Waals surface area contributed by atoms with Gasteiger partial charge in [0.1, 0.15) is 0 Å². The van der Waals surface area contributed by atoms with Crippen LogP contribution in [0.3, 0.4) is 0 Å². The fraction of sp³-hybridized carbons (Fsp3) is 0.667. The molecule has 3 N–H and O–H groups in total. The standard InChI is InChI=1S/C18H30N4O2.ClH/c1-4-21-13(2)11-16(14(21)3)18(24)22-10-6-5-7-15(22)12-20-17(23)8-9-19;/h11,15H,4-10,12,19H2,1-3H3,(H,20,23);1H. The van der Waals surface area contributed by atoms with Crippen LogP contribution in [0.2, 0.25) is 0 Å². The number of carbonyl (C=O) groups is 2. The van der Waals surface area contributed by atoms with Gasteiger partial charge in [-0.15, -0.1) is 12.4 Å². The number of halogens is 1. The lowest BCUT2D eigenvalue weighted by Crippen LogP contribution is -2.49. The van der Waals surface area contributed by atoms with Crippen molar-refractivity contribution in [2.75, 3.05) is 19.6 Å². The number of aryl methyl sites for hydroxylation is 1. The third-order valence-corrected chi connectivity index (χ3v) is 4.91. The van der Waals surface area contributed by atoms with Gasteiger partial charge < -0.3 is 20.5 Å². The summed E-state index contributed by atoms with van der Waals surface area (Å²) >= 11 is 0. The molecule has 0 saturated carbocycles. The van der Waals surface area contributed by atoms with Crippen molar-refractivity contribution < 1.29 is 9.59 Å². The normalized spacial score (nSPS) is 17.1. The SMILES string of the molecule is CCn1c(C)cc(C(=O)N2CCCCC2CNC(=O)CCN)c1C.Cl. The monoisotopic (exact) mass is 370 g/mol. The number of nitrogens with two attached hydrogens (primary N) is 1. The van der Waals surface area contributed by atoms with E-state index in [1.54, 1.807) is 0 Å². The van der Waals surface area contributed by atoms with E-state index in [9.17, 15) is 9.59 Å². The van der Waals surface area contributed by atoms with Crippen molar-refractivity contribution in [3.05, 3.63) is 23.0 Å². The largest absolute Gasteiger partial charge is 0.354 e. The minimum Gasteiger partial charge on any atom is -0.354 e. The molecule has 1 aliphatic rings. The summed E-state index contributed by atoms with van der Waals surface area (Å²) in [5.41, 5.74) is 8.33. The molecule has 25 heavy (non-hydrogen) atoms. The average molecular weight is 371 g/mol. The number of amides is 2. The molecule has 1 fully saturated rings. The van der Waals surface area contributed by atoms with Gasteiger partial charge in [0.05, 0.1) is 5.56 Å². The zero-order chi connectivity index (χ0) is 17.7. The lowest BCUT2D eigenvalue weighted by molar-refractivity contribution is -0.121. The molecular formula is C18H31ClN4O2. The van der Waals surface area contributed by atoms with Crippen LogP contribution in [-0.2, 0) is 11.3 Å². The van der Waals surface area contributed by atoms with Crippen LogP contribution < -0.4 is 11.1 Å². The molecule has 0 aromatic carbocycles. The van der Waals surface area contributed by atoms with E-state index in [1.807, 2.05) is 24.8 Å². The third kappa shape index (κ3) is 4.98. The number of aromatic nitrogens is 1. The van der Waals surface area contributed by atoms with E-state index < -0.39 is 0 Å². The first-order valence-electron chi connectivity index (χ1n) is 8.94. The summed E-state index contributed by atoms with van der Waals surface area (Å²) in [6, 6.07) is 2.05. The lowest BCUT2D eigenvalue weighted by atomic mass is 10.0. The van der Waals surface area contributed by atoms with Gasteiger partial charge in [-0.3, -0.25) is 9.59 Å². The Labute approximate surface area is 156 Å². The van der Waals surface area contributed by atoms with Crippen molar-refractivity contribution in [2.24, 2.45) is 5.73 Å². The average Bonchev–Trinajstić information content (AvgIpc) is 2.86. The smallest absolute Gasteiger partial charge is 0.255 e. The zero-order valence-corrected chi connectivity index (χ0v) is 16.3. The summed E-state index contributed by atoms with van der Waals surface area (Å²) in [5.74, 6) is 0.0419. The molecule has 0 radical (unpaired) electrons. The van der Waals surface area contributed by atoms with Crippen molar-refractivity contribution >= 4 is 24.2 Å². The molecule has 0 spiro atoms. The minimum atomic E-state index is -0.0420. The molecule has 1 atom stereocenters. The third-order valence-electron chi connectivity index (χ3n) is 4.91. The van der Waals surface area contributed by atoms with Crippen LogP contribution in [0.5, 0.6) is 0 Å². The Morgan fingerprint density at radius 1 is 1.32 bits per heavy atom. The maximum atomic E-state index is 13.1. The van der Waals surface area contributed by atoms with E-state index in [0.717, 1.165) is 49.3 Å². The summed E-state index contributed by atoms with van der Waals surface area (Å²) in [5, 5.41) is 2.91. The predicted molar refractivity (Wildman–Crippen MR) is 102 cm³/mol. The molecule has 0 bridgehead atoms. The number of nitrogens with one attached hydrogen (secondary N) is 1.